The molecule has 0 radical (unpaired) electrons. The van der Waals surface area contributed by atoms with Crippen molar-refractivity contribution in [1.29, 1.82) is 0 Å². The van der Waals surface area contributed by atoms with E-state index in [2.05, 4.69) is 24.8 Å². The number of methoxy groups -OCH3 is 1. The molecule has 0 amide bonds. The minimum atomic E-state index is -0.753. The minimum absolute atomic E-state index is 0.0136. The van der Waals surface area contributed by atoms with Crippen molar-refractivity contribution in [3.63, 3.8) is 0 Å². The lowest BCUT2D eigenvalue weighted by atomic mass is 9.69. The van der Waals surface area contributed by atoms with Crippen molar-refractivity contribution in [2.45, 2.75) is 125 Å². The van der Waals surface area contributed by atoms with E-state index in [1.807, 2.05) is 45.9 Å². The molecule has 6 atom stereocenters. The quantitative estimate of drug-likeness (QED) is 0.148. The molecule has 0 aliphatic heterocycles. The Morgan fingerprint density at radius 3 is 2.31 bits per heavy atom. The Hall–Kier alpha value is -4.13. The molecule has 3 fully saturated rings. The van der Waals surface area contributed by atoms with E-state index in [1.165, 1.54) is 0 Å². The zero-order valence-corrected chi connectivity index (χ0v) is 34.1. The van der Waals surface area contributed by atoms with Gasteiger partial charge in [0.1, 0.15) is 46.5 Å². The Balaban J connectivity index is 1.34. The largest absolute Gasteiger partial charge is 0.496 e. The number of Topliss-reactive ketones (excluding diaryl/α,β-unsaturated/α-hetero) is 5. The first-order chi connectivity index (χ1) is 26.0. The van der Waals surface area contributed by atoms with Gasteiger partial charge in [-0.15, -0.1) is 6.58 Å². The summed E-state index contributed by atoms with van der Waals surface area (Å²) in [7, 11) is 1.65. The average Bonchev–Trinajstić information content (AvgIpc) is 3.53. The van der Waals surface area contributed by atoms with Crippen LogP contribution >= 0.6 is 0 Å². The maximum absolute atomic E-state index is 14.9. The van der Waals surface area contributed by atoms with Crippen LogP contribution in [0.15, 0.2) is 54.6 Å². The lowest BCUT2D eigenvalue weighted by molar-refractivity contribution is -0.139. The molecule has 55 heavy (non-hydrogen) atoms. The third kappa shape index (κ3) is 8.66. The van der Waals surface area contributed by atoms with Crippen molar-refractivity contribution in [1.82, 2.24) is 0 Å². The van der Waals surface area contributed by atoms with Crippen LogP contribution in [0.3, 0.4) is 0 Å². The van der Waals surface area contributed by atoms with Crippen LogP contribution in [0.2, 0.25) is 0 Å². The van der Waals surface area contributed by atoms with Gasteiger partial charge in [0.15, 0.2) is 0 Å². The maximum atomic E-state index is 14.9. The van der Waals surface area contributed by atoms with Gasteiger partial charge in [-0.1, -0.05) is 70.3 Å². The predicted molar refractivity (Wildman–Crippen MR) is 217 cm³/mol. The highest BCUT2D eigenvalue weighted by Gasteiger charge is 2.59. The number of ether oxygens (including phenoxy) is 2. The zero-order chi connectivity index (χ0) is 39.8. The SMILES string of the molecule is C=CC1CC1(CC(=O)C1CC(Oc2cc(C3=CCC(CC(C)=O)=C3)cc3c(C)c(OC)ccc23)CC1C(=O)C(CC(=O)CC1CCCC1)C(C)(C)C)C(C)=O. The van der Waals surface area contributed by atoms with Crippen LogP contribution in [-0.4, -0.2) is 42.1 Å². The Kier molecular flexibility index (Phi) is 11.9. The van der Waals surface area contributed by atoms with E-state index in [0.717, 1.165) is 64.5 Å². The summed E-state index contributed by atoms with van der Waals surface area (Å²) in [6.45, 7) is 15.2. The number of aryl methyl sites for hydroxylation is 1. The number of carbonyl (C=O) groups is 5. The minimum Gasteiger partial charge on any atom is -0.496 e. The van der Waals surface area contributed by atoms with Crippen LogP contribution in [0.4, 0.5) is 0 Å². The summed E-state index contributed by atoms with van der Waals surface area (Å²) in [5, 5.41) is 1.87. The smallest absolute Gasteiger partial charge is 0.140 e. The lowest BCUT2D eigenvalue weighted by Gasteiger charge is -2.33. The molecule has 6 rings (SSSR count). The number of fused-ring (bicyclic) bond motifs is 1. The predicted octanol–water partition coefficient (Wildman–Crippen LogP) is 10.1. The van der Waals surface area contributed by atoms with Crippen molar-refractivity contribution in [2.24, 2.45) is 40.4 Å². The highest BCUT2D eigenvalue weighted by Crippen LogP contribution is 2.58. The van der Waals surface area contributed by atoms with Crippen molar-refractivity contribution < 1.29 is 33.4 Å². The summed E-state index contributed by atoms with van der Waals surface area (Å²) in [5.41, 5.74) is 2.78. The number of hydrogen-bond donors (Lipinski definition) is 0. The van der Waals surface area contributed by atoms with Gasteiger partial charge in [-0.3, -0.25) is 24.0 Å². The first kappa shape index (κ1) is 40.5. The molecule has 2 aromatic rings. The number of ketones is 5. The van der Waals surface area contributed by atoms with Crippen LogP contribution in [0.1, 0.15) is 123 Å². The van der Waals surface area contributed by atoms with Gasteiger partial charge in [0.2, 0.25) is 0 Å². The van der Waals surface area contributed by atoms with Gasteiger partial charge in [0.25, 0.3) is 0 Å². The van der Waals surface area contributed by atoms with E-state index in [9.17, 15) is 24.0 Å². The summed E-state index contributed by atoms with van der Waals surface area (Å²) in [6.07, 6.45) is 13.2. The molecule has 3 saturated carbocycles. The molecule has 0 saturated heterocycles. The Bertz CT molecular complexity index is 1950. The maximum Gasteiger partial charge on any atom is 0.140 e. The van der Waals surface area contributed by atoms with Crippen LogP contribution in [0.5, 0.6) is 11.5 Å². The van der Waals surface area contributed by atoms with Crippen molar-refractivity contribution in [2.75, 3.05) is 7.11 Å². The fraction of sp³-hybridized carbons (Fsp3) is 0.562. The number of allylic oxidation sites excluding steroid dienone is 5. The first-order valence-electron chi connectivity index (χ1n) is 20.4. The Labute approximate surface area is 327 Å². The van der Waals surface area contributed by atoms with Gasteiger partial charge in [0.05, 0.1) is 7.11 Å². The monoisotopic (exact) mass is 748 g/mol. The number of hydrogen-bond acceptors (Lipinski definition) is 7. The third-order valence-electron chi connectivity index (χ3n) is 13.3. The average molecular weight is 749 g/mol. The molecule has 0 heterocycles. The van der Waals surface area contributed by atoms with Gasteiger partial charge in [-0.2, -0.15) is 0 Å². The van der Waals surface area contributed by atoms with E-state index in [-0.39, 0.29) is 47.7 Å². The molecule has 6 unspecified atom stereocenters. The van der Waals surface area contributed by atoms with Gasteiger partial charge in [-0.25, -0.2) is 0 Å². The molecule has 0 spiro atoms. The molecule has 0 aromatic heterocycles. The van der Waals surface area contributed by atoms with Gasteiger partial charge < -0.3 is 9.47 Å². The first-order valence-corrected chi connectivity index (χ1v) is 20.4. The van der Waals surface area contributed by atoms with Gasteiger partial charge in [0, 0.05) is 54.2 Å². The van der Waals surface area contributed by atoms with E-state index in [1.54, 1.807) is 27.0 Å². The highest BCUT2D eigenvalue weighted by atomic mass is 16.5. The summed E-state index contributed by atoms with van der Waals surface area (Å²) < 4.78 is 12.6. The lowest BCUT2D eigenvalue weighted by Crippen LogP contribution is -2.38. The molecule has 0 bridgehead atoms. The molecule has 2 aromatic carbocycles. The summed E-state index contributed by atoms with van der Waals surface area (Å²) in [5.74, 6) is 0.108. The van der Waals surface area contributed by atoms with E-state index >= 15 is 0 Å². The molecule has 7 nitrogen and oxygen atoms in total. The fourth-order valence-corrected chi connectivity index (χ4v) is 9.93. The molecular formula is C48H60O7. The normalized spacial score (nSPS) is 25.7. The van der Waals surface area contributed by atoms with Crippen LogP contribution < -0.4 is 9.47 Å². The molecule has 0 N–H and O–H groups in total. The number of rotatable bonds is 17. The van der Waals surface area contributed by atoms with E-state index < -0.39 is 34.7 Å². The van der Waals surface area contributed by atoms with Crippen LogP contribution in [-0.2, 0) is 24.0 Å². The standard InChI is InChI=1S/C48H60O7/c1-9-35-26-48(35,30(4)50)27-43(52)40-24-37(25-41(40)46(53)42(47(5,6)7)23-36(51)20-31-12-10-11-13-31)55-45-22-34(33-15-14-32(19-33)18-28(2)49)21-39-29(3)44(54-8)17-16-38(39)45/h9,15-17,19,21-22,31,35,37,40-42H,1,10-14,18,20,23-27H2,2-8H3. The van der Waals surface area contributed by atoms with Crippen molar-refractivity contribution in [3.8, 4) is 11.5 Å². The second kappa shape index (κ2) is 16.2. The van der Waals surface area contributed by atoms with Gasteiger partial charge >= 0.3 is 0 Å². The summed E-state index contributed by atoms with van der Waals surface area (Å²) >= 11 is 0. The molecular weight excluding hydrogens is 689 g/mol. The van der Waals surface area contributed by atoms with E-state index in [4.69, 9.17) is 9.47 Å². The molecule has 294 valence electrons. The van der Waals surface area contributed by atoms with Crippen LogP contribution in [0.25, 0.3) is 16.3 Å². The van der Waals surface area contributed by atoms with E-state index in [0.29, 0.717) is 50.2 Å². The van der Waals surface area contributed by atoms with Gasteiger partial charge in [-0.05, 0) is 110 Å². The van der Waals surface area contributed by atoms with Crippen LogP contribution in [0, 0.1) is 47.3 Å². The summed E-state index contributed by atoms with van der Waals surface area (Å²) in [6, 6.07) is 8.09. The topological polar surface area (TPSA) is 104 Å². The second-order valence-corrected chi connectivity index (χ2v) is 18.3. The number of carbonyl (C=O) groups excluding carboxylic acids is 5. The second-order valence-electron chi connectivity index (χ2n) is 18.3. The Morgan fingerprint density at radius 2 is 1.69 bits per heavy atom. The number of benzene rings is 2. The Morgan fingerprint density at radius 1 is 0.982 bits per heavy atom. The molecule has 4 aliphatic carbocycles. The fourth-order valence-electron chi connectivity index (χ4n) is 9.93. The highest BCUT2D eigenvalue weighted by molar-refractivity contribution is 5.99. The van der Waals surface area contributed by atoms with Crippen molar-refractivity contribution in [3.05, 3.63) is 65.8 Å². The molecule has 7 heteroatoms. The zero-order valence-electron chi connectivity index (χ0n) is 34.1. The van der Waals surface area contributed by atoms with Crippen molar-refractivity contribution >= 4 is 45.3 Å². The third-order valence-corrected chi connectivity index (χ3v) is 13.3. The summed E-state index contributed by atoms with van der Waals surface area (Å²) in [4.78, 5) is 67.7. The molecule has 4 aliphatic rings.